The van der Waals surface area contributed by atoms with Crippen LogP contribution < -0.4 is 14.8 Å². The SMILES string of the molecule is COc1ccc(/C=C/C(=O)OCC(=O)Nc2c(C)cccc2C)cc1OC. The lowest BCUT2D eigenvalue weighted by Gasteiger charge is -2.11. The number of hydrogen-bond acceptors (Lipinski definition) is 5. The summed E-state index contributed by atoms with van der Waals surface area (Å²) in [7, 11) is 3.09. The fourth-order valence-corrected chi connectivity index (χ4v) is 2.49. The molecule has 0 unspecified atom stereocenters. The second kappa shape index (κ2) is 9.43. The molecule has 0 radical (unpaired) electrons. The highest BCUT2D eigenvalue weighted by atomic mass is 16.5. The summed E-state index contributed by atoms with van der Waals surface area (Å²) in [6.07, 6.45) is 2.83. The second-order valence-corrected chi connectivity index (χ2v) is 5.87. The summed E-state index contributed by atoms with van der Waals surface area (Å²) in [6, 6.07) is 11.0. The van der Waals surface area contributed by atoms with Crippen LogP contribution in [-0.4, -0.2) is 32.7 Å². The van der Waals surface area contributed by atoms with Crippen LogP contribution in [0.5, 0.6) is 11.5 Å². The smallest absolute Gasteiger partial charge is 0.331 e. The lowest BCUT2D eigenvalue weighted by molar-refractivity contribution is -0.142. The van der Waals surface area contributed by atoms with Gasteiger partial charge < -0.3 is 19.5 Å². The summed E-state index contributed by atoms with van der Waals surface area (Å²) in [6.45, 7) is 3.45. The third-order valence-corrected chi connectivity index (χ3v) is 3.91. The van der Waals surface area contributed by atoms with Crippen molar-refractivity contribution in [2.75, 3.05) is 26.1 Å². The zero-order chi connectivity index (χ0) is 19.8. The van der Waals surface area contributed by atoms with Crippen LogP contribution in [0.25, 0.3) is 6.08 Å². The molecule has 2 rings (SSSR count). The largest absolute Gasteiger partial charge is 0.493 e. The van der Waals surface area contributed by atoms with Crippen molar-refractivity contribution in [2.45, 2.75) is 13.8 Å². The number of ether oxygens (including phenoxy) is 3. The van der Waals surface area contributed by atoms with Crippen molar-refractivity contribution in [3.8, 4) is 11.5 Å². The van der Waals surface area contributed by atoms with E-state index in [1.54, 1.807) is 31.4 Å². The van der Waals surface area contributed by atoms with Crippen LogP contribution in [0, 0.1) is 13.8 Å². The van der Waals surface area contributed by atoms with E-state index in [-0.39, 0.29) is 12.5 Å². The van der Waals surface area contributed by atoms with Crippen LogP contribution in [-0.2, 0) is 14.3 Å². The summed E-state index contributed by atoms with van der Waals surface area (Å²) < 4.78 is 15.4. The lowest BCUT2D eigenvalue weighted by Crippen LogP contribution is -2.21. The molecular formula is C21H23NO5. The molecule has 0 atom stereocenters. The molecule has 142 valence electrons. The zero-order valence-corrected chi connectivity index (χ0v) is 15.9. The Morgan fingerprint density at radius 1 is 1.00 bits per heavy atom. The van der Waals surface area contributed by atoms with Gasteiger partial charge in [-0.05, 0) is 48.7 Å². The van der Waals surface area contributed by atoms with E-state index in [0.29, 0.717) is 11.5 Å². The van der Waals surface area contributed by atoms with E-state index in [2.05, 4.69) is 5.32 Å². The Morgan fingerprint density at radius 2 is 1.67 bits per heavy atom. The Kier molecular flexibility index (Phi) is 7.00. The van der Waals surface area contributed by atoms with Gasteiger partial charge in [-0.25, -0.2) is 4.79 Å². The number of para-hydroxylation sites is 1. The van der Waals surface area contributed by atoms with Crippen LogP contribution in [0.2, 0.25) is 0 Å². The molecule has 0 saturated carbocycles. The van der Waals surface area contributed by atoms with Crippen molar-refractivity contribution in [1.29, 1.82) is 0 Å². The quantitative estimate of drug-likeness (QED) is 0.597. The first-order chi connectivity index (χ1) is 12.9. The van der Waals surface area contributed by atoms with Gasteiger partial charge >= 0.3 is 5.97 Å². The number of carbonyl (C=O) groups excluding carboxylic acids is 2. The van der Waals surface area contributed by atoms with Gasteiger partial charge in [-0.3, -0.25) is 4.79 Å². The van der Waals surface area contributed by atoms with Crippen LogP contribution >= 0.6 is 0 Å². The van der Waals surface area contributed by atoms with Gasteiger partial charge in [0.05, 0.1) is 14.2 Å². The summed E-state index contributed by atoms with van der Waals surface area (Å²) in [5.74, 6) is 0.156. The molecule has 0 heterocycles. The van der Waals surface area contributed by atoms with Crippen LogP contribution in [0.15, 0.2) is 42.5 Å². The summed E-state index contributed by atoms with van der Waals surface area (Å²) in [5.41, 5.74) is 3.37. The van der Waals surface area contributed by atoms with E-state index in [4.69, 9.17) is 14.2 Å². The average Bonchev–Trinajstić information content (AvgIpc) is 2.67. The molecule has 0 saturated heterocycles. The Labute approximate surface area is 158 Å². The van der Waals surface area contributed by atoms with E-state index >= 15 is 0 Å². The fourth-order valence-electron chi connectivity index (χ4n) is 2.49. The highest BCUT2D eigenvalue weighted by Crippen LogP contribution is 2.28. The second-order valence-electron chi connectivity index (χ2n) is 5.87. The van der Waals surface area contributed by atoms with Crippen molar-refractivity contribution in [3.05, 3.63) is 59.2 Å². The number of aryl methyl sites for hydroxylation is 2. The van der Waals surface area contributed by atoms with Crippen molar-refractivity contribution < 1.29 is 23.8 Å². The molecular weight excluding hydrogens is 346 g/mol. The van der Waals surface area contributed by atoms with Crippen molar-refractivity contribution in [3.63, 3.8) is 0 Å². The Morgan fingerprint density at radius 3 is 2.30 bits per heavy atom. The highest BCUT2D eigenvalue weighted by molar-refractivity contribution is 5.95. The number of methoxy groups -OCH3 is 2. The minimum atomic E-state index is -0.610. The van der Waals surface area contributed by atoms with Crippen molar-refractivity contribution in [2.24, 2.45) is 0 Å². The Balaban J connectivity index is 1.90. The Hall–Kier alpha value is -3.28. The standard InChI is InChI=1S/C21H23NO5/c1-14-6-5-7-15(2)21(14)22-19(23)13-27-20(24)11-9-16-8-10-17(25-3)18(12-16)26-4/h5-12H,13H2,1-4H3,(H,22,23)/b11-9+. The van der Waals surface area contributed by atoms with Gasteiger partial charge in [-0.15, -0.1) is 0 Å². The Bertz CT molecular complexity index is 837. The summed E-state index contributed by atoms with van der Waals surface area (Å²) >= 11 is 0. The maximum Gasteiger partial charge on any atom is 0.331 e. The average molecular weight is 369 g/mol. The maximum atomic E-state index is 12.0. The number of rotatable bonds is 7. The molecule has 1 amide bonds. The van der Waals surface area contributed by atoms with Gasteiger partial charge in [0.15, 0.2) is 18.1 Å². The van der Waals surface area contributed by atoms with E-state index in [1.807, 2.05) is 32.0 Å². The summed E-state index contributed by atoms with van der Waals surface area (Å²) in [5, 5.41) is 2.76. The molecule has 1 N–H and O–H groups in total. The number of anilines is 1. The van der Waals surface area contributed by atoms with Crippen molar-refractivity contribution in [1.82, 2.24) is 0 Å². The fraction of sp³-hybridized carbons (Fsp3) is 0.238. The molecule has 6 nitrogen and oxygen atoms in total. The minimum absolute atomic E-state index is 0.358. The van der Waals surface area contributed by atoms with Crippen LogP contribution in [0.3, 0.4) is 0 Å². The molecule has 0 aromatic heterocycles. The van der Waals surface area contributed by atoms with Gasteiger partial charge in [0.1, 0.15) is 0 Å². The van der Waals surface area contributed by atoms with Crippen molar-refractivity contribution >= 4 is 23.6 Å². The van der Waals surface area contributed by atoms with Gasteiger partial charge in [0, 0.05) is 11.8 Å². The molecule has 0 fully saturated rings. The van der Waals surface area contributed by atoms with Crippen LogP contribution in [0.1, 0.15) is 16.7 Å². The van der Waals surface area contributed by atoms with Gasteiger partial charge in [0.25, 0.3) is 5.91 Å². The maximum absolute atomic E-state index is 12.0. The molecule has 2 aromatic rings. The van der Waals surface area contributed by atoms with E-state index < -0.39 is 5.97 Å². The normalized spacial score (nSPS) is 10.5. The molecule has 0 spiro atoms. The first-order valence-electron chi connectivity index (χ1n) is 8.37. The third-order valence-electron chi connectivity index (χ3n) is 3.91. The molecule has 27 heavy (non-hydrogen) atoms. The predicted molar refractivity (Wildman–Crippen MR) is 104 cm³/mol. The number of esters is 1. The van der Waals surface area contributed by atoms with Crippen LogP contribution in [0.4, 0.5) is 5.69 Å². The monoisotopic (exact) mass is 369 g/mol. The van der Waals surface area contributed by atoms with Gasteiger partial charge in [0.2, 0.25) is 0 Å². The van der Waals surface area contributed by atoms with Gasteiger partial charge in [-0.1, -0.05) is 24.3 Å². The predicted octanol–water partition coefficient (Wildman–Crippen LogP) is 3.52. The highest BCUT2D eigenvalue weighted by Gasteiger charge is 2.09. The van der Waals surface area contributed by atoms with E-state index in [9.17, 15) is 9.59 Å². The number of nitrogens with one attached hydrogen (secondary N) is 1. The number of amides is 1. The molecule has 0 bridgehead atoms. The lowest BCUT2D eigenvalue weighted by atomic mass is 10.1. The first-order valence-corrected chi connectivity index (χ1v) is 8.37. The first kappa shape index (κ1) is 20.0. The number of benzene rings is 2. The minimum Gasteiger partial charge on any atom is -0.493 e. The van der Waals surface area contributed by atoms with Gasteiger partial charge in [-0.2, -0.15) is 0 Å². The third kappa shape index (κ3) is 5.60. The number of carbonyl (C=O) groups is 2. The zero-order valence-electron chi connectivity index (χ0n) is 15.9. The van der Waals surface area contributed by atoms with E-state index in [0.717, 1.165) is 22.4 Å². The molecule has 6 heteroatoms. The molecule has 0 aliphatic heterocycles. The molecule has 2 aromatic carbocycles. The number of hydrogen-bond donors (Lipinski definition) is 1. The molecule has 0 aliphatic carbocycles. The van der Waals surface area contributed by atoms with E-state index in [1.165, 1.54) is 13.2 Å². The topological polar surface area (TPSA) is 73.9 Å². The summed E-state index contributed by atoms with van der Waals surface area (Å²) in [4.78, 5) is 23.8. The molecule has 0 aliphatic rings.